The third-order valence-corrected chi connectivity index (χ3v) is 4.62. The maximum atomic E-state index is 5.72. The van der Waals surface area contributed by atoms with Crippen LogP contribution in [0, 0.1) is 12.8 Å². The van der Waals surface area contributed by atoms with Gasteiger partial charge in [0.15, 0.2) is 0 Å². The van der Waals surface area contributed by atoms with Crippen LogP contribution in [0.15, 0.2) is 10.6 Å². The average molecular weight is 280 g/mol. The predicted molar refractivity (Wildman–Crippen MR) is 74.4 cm³/mol. The molecule has 0 radical (unpaired) electrons. The maximum Gasteiger partial charge on any atom is 0.133 e. The third kappa shape index (κ3) is 2.90. The maximum absolute atomic E-state index is 5.72. The fourth-order valence-electron chi connectivity index (χ4n) is 3.64. The van der Waals surface area contributed by atoms with Crippen molar-refractivity contribution in [1.82, 2.24) is 10.1 Å². The molecule has 5 nitrogen and oxygen atoms in total. The summed E-state index contributed by atoms with van der Waals surface area (Å²) in [5.41, 5.74) is 1.02. The molecule has 0 N–H and O–H groups in total. The molecule has 2 aliphatic rings. The van der Waals surface area contributed by atoms with Gasteiger partial charge in [-0.15, -0.1) is 0 Å². The van der Waals surface area contributed by atoms with Crippen molar-refractivity contribution in [3.63, 3.8) is 0 Å². The standard InChI is InChI=1S/C15H24N2O3/c1-11-8-12(16-20-11)9-17-6-7-19-10-14(17)13-4-3-5-15(13)18-2/h8,13-15H,3-7,9-10H2,1-2H3. The van der Waals surface area contributed by atoms with Crippen molar-refractivity contribution in [2.24, 2.45) is 5.92 Å². The summed E-state index contributed by atoms with van der Waals surface area (Å²) < 4.78 is 16.6. The number of hydrogen-bond donors (Lipinski definition) is 0. The molecule has 0 aromatic carbocycles. The lowest BCUT2D eigenvalue weighted by Crippen LogP contribution is -2.50. The minimum Gasteiger partial charge on any atom is -0.381 e. The zero-order valence-corrected chi connectivity index (χ0v) is 12.4. The molecule has 3 unspecified atom stereocenters. The van der Waals surface area contributed by atoms with E-state index in [-0.39, 0.29) is 0 Å². The van der Waals surface area contributed by atoms with Gasteiger partial charge in [0.1, 0.15) is 5.76 Å². The van der Waals surface area contributed by atoms with Crippen molar-refractivity contribution in [3.05, 3.63) is 17.5 Å². The highest BCUT2D eigenvalue weighted by molar-refractivity contribution is 5.04. The Bertz CT molecular complexity index is 435. The van der Waals surface area contributed by atoms with E-state index >= 15 is 0 Å². The molecule has 0 amide bonds. The van der Waals surface area contributed by atoms with Crippen LogP contribution < -0.4 is 0 Å². The minimum absolute atomic E-state index is 0.378. The van der Waals surface area contributed by atoms with E-state index < -0.39 is 0 Å². The Kier molecular flexibility index (Phi) is 4.38. The van der Waals surface area contributed by atoms with Crippen molar-refractivity contribution in [1.29, 1.82) is 0 Å². The molecule has 1 aliphatic heterocycles. The molecule has 3 atom stereocenters. The quantitative estimate of drug-likeness (QED) is 0.844. The van der Waals surface area contributed by atoms with Crippen molar-refractivity contribution in [2.45, 2.75) is 44.9 Å². The first-order valence-electron chi connectivity index (χ1n) is 7.54. The SMILES string of the molecule is COC1CCCC1C1COCCN1Cc1cc(C)on1. The van der Waals surface area contributed by atoms with Crippen molar-refractivity contribution >= 4 is 0 Å². The average Bonchev–Trinajstić information content (AvgIpc) is 3.08. The molecule has 1 saturated heterocycles. The molecule has 2 heterocycles. The van der Waals surface area contributed by atoms with Gasteiger partial charge in [0.2, 0.25) is 0 Å². The van der Waals surface area contributed by atoms with Crippen molar-refractivity contribution < 1.29 is 14.0 Å². The summed E-state index contributed by atoms with van der Waals surface area (Å²) in [5.74, 6) is 1.45. The zero-order valence-electron chi connectivity index (χ0n) is 12.4. The van der Waals surface area contributed by atoms with Gasteiger partial charge in [-0.3, -0.25) is 4.90 Å². The molecule has 1 aromatic rings. The number of aromatic nitrogens is 1. The number of nitrogens with zero attached hydrogens (tertiary/aromatic N) is 2. The second-order valence-electron chi connectivity index (χ2n) is 5.91. The highest BCUT2D eigenvalue weighted by Gasteiger charge is 2.38. The van der Waals surface area contributed by atoms with E-state index in [2.05, 4.69) is 10.1 Å². The molecule has 20 heavy (non-hydrogen) atoms. The zero-order chi connectivity index (χ0) is 13.9. The van der Waals surface area contributed by atoms with E-state index in [1.165, 1.54) is 19.3 Å². The molecule has 1 aliphatic carbocycles. The summed E-state index contributed by atoms with van der Waals surface area (Å²) in [7, 11) is 1.83. The second-order valence-corrected chi connectivity index (χ2v) is 5.91. The van der Waals surface area contributed by atoms with E-state index in [0.29, 0.717) is 18.1 Å². The number of rotatable bonds is 4. The Morgan fingerprint density at radius 2 is 2.35 bits per heavy atom. The number of ether oxygens (including phenoxy) is 2. The normalized spacial score (nSPS) is 31.8. The lowest BCUT2D eigenvalue weighted by atomic mass is 9.94. The number of aryl methyl sites for hydroxylation is 1. The van der Waals surface area contributed by atoms with Gasteiger partial charge >= 0.3 is 0 Å². The van der Waals surface area contributed by atoms with Crippen LogP contribution in [0.3, 0.4) is 0 Å². The summed E-state index contributed by atoms with van der Waals surface area (Å²) in [4.78, 5) is 2.49. The number of methoxy groups -OCH3 is 1. The Morgan fingerprint density at radius 3 is 3.10 bits per heavy atom. The van der Waals surface area contributed by atoms with Crippen LogP contribution in [0.1, 0.15) is 30.7 Å². The fourth-order valence-corrected chi connectivity index (χ4v) is 3.64. The Balaban J connectivity index is 1.70. The summed E-state index contributed by atoms with van der Waals surface area (Å²) in [6, 6.07) is 2.46. The fraction of sp³-hybridized carbons (Fsp3) is 0.800. The molecule has 1 aromatic heterocycles. The van der Waals surface area contributed by atoms with E-state index in [1.807, 2.05) is 20.1 Å². The molecule has 5 heteroatoms. The molecular weight excluding hydrogens is 256 g/mol. The Hall–Kier alpha value is -0.910. The van der Waals surface area contributed by atoms with Crippen molar-refractivity contribution in [3.8, 4) is 0 Å². The smallest absolute Gasteiger partial charge is 0.133 e. The van der Waals surface area contributed by atoms with Crippen LogP contribution >= 0.6 is 0 Å². The van der Waals surface area contributed by atoms with Gasteiger partial charge < -0.3 is 14.0 Å². The van der Waals surface area contributed by atoms with Gasteiger partial charge in [0.25, 0.3) is 0 Å². The number of morpholine rings is 1. The van der Waals surface area contributed by atoms with Crippen LogP contribution in [-0.4, -0.2) is 49.1 Å². The van der Waals surface area contributed by atoms with Gasteiger partial charge in [-0.1, -0.05) is 11.6 Å². The largest absolute Gasteiger partial charge is 0.381 e. The molecular formula is C15H24N2O3. The van der Waals surface area contributed by atoms with E-state index in [1.54, 1.807) is 0 Å². The van der Waals surface area contributed by atoms with E-state index in [4.69, 9.17) is 14.0 Å². The van der Waals surface area contributed by atoms with Crippen LogP contribution in [-0.2, 0) is 16.0 Å². The lowest BCUT2D eigenvalue weighted by molar-refractivity contribution is -0.0614. The Morgan fingerprint density at radius 1 is 1.45 bits per heavy atom. The van der Waals surface area contributed by atoms with Crippen LogP contribution in [0.2, 0.25) is 0 Å². The molecule has 112 valence electrons. The van der Waals surface area contributed by atoms with Gasteiger partial charge in [-0.2, -0.15) is 0 Å². The monoisotopic (exact) mass is 280 g/mol. The van der Waals surface area contributed by atoms with Gasteiger partial charge in [0, 0.05) is 38.2 Å². The first-order valence-corrected chi connectivity index (χ1v) is 7.54. The predicted octanol–water partition coefficient (Wildman–Crippen LogP) is 2.00. The first kappa shape index (κ1) is 14.0. The Labute approximate surface area is 120 Å². The molecule has 1 saturated carbocycles. The topological polar surface area (TPSA) is 47.7 Å². The van der Waals surface area contributed by atoms with Crippen molar-refractivity contribution in [2.75, 3.05) is 26.9 Å². The van der Waals surface area contributed by atoms with E-state index in [9.17, 15) is 0 Å². The first-order chi connectivity index (χ1) is 9.78. The molecule has 3 rings (SSSR count). The lowest BCUT2D eigenvalue weighted by Gasteiger charge is -2.40. The van der Waals surface area contributed by atoms with Gasteiger partial charge in [0.05, 0.1) is 25.0 Å². The van der Waals surface area contributed by atoms with Crippen LogP contribution in [0.25, 0.3) is 0 Å². The second kappa shape index (κ2) is 6.24. The highest BCUT2D eigenvalue weighted by Crippen LogP contribution is 2.34. The summed E-state index contributed by atoms with van der Waals surface area (Å²) in [6.07, 6.45) is 4.05. The van der Waals surface area contributed by atoms with Crippen LogP contribution in [0.5, 0.6) is 0 Å². The number of hydrogen-bond acceptors (Lipinski definition) is 5. The molecule has 2 fully saturated rings. The van der Waals surface area contributed by atoms with Crippen LogP contribution in [0.4, 0.5) is 0 Å². The summed E-state index contributed by atoms with van der Waals surface area (Å²) >= 11 is 0. The summed E-state index contributed by atoms with van der Waals surface area (Å²) in [6.45, 7) is 5.35. The van der Waals surface area contributed by atoms with Gasteiger partial charge in [-0.05, 0) is 19.8 Å². The summed E-state index contributed by atoms with van der Waals surface area (Å²) in [5, 5.41) is 4.12. The molecule has 0 spiro atoms. The minimum atomic E-state index is 0.378. The van der Waals surface area contributed by atoms with E-state index in [0.717, 1.165) is 37.8 Å². The van der Waals surface area contributed by atoms with Gasteiger partial charge in [-0.25, -0.2) is 0 Å². The highest BCUT2D eigenvalue weighted by atomic mass is 16.5. The molecule has 0 bridgehead atoms. The third-order valence-electron chi connectivity index (χ3n) is 4.62.